The third-order valence-electron chi connectivity index (χ3n) is 5.21. The molecule has 0 rings (SSSR count). The minimum atomic E-state index is -3.68. The van der Waals surface area contributed by atoms with Gasteiger partial charge in [-0.1, -0.05) is 27.7 Å². The second-order valence-corrected chi connectivity index (χ2v) is 15.2. The molecule has 3 atom stereocenters. The van der Waals surface area contributed by atoms with Crippen LogP contribution in [0.1, 0.15) is 47.0 Å². The molecule has 0 aromatic rings. The van der Waals surface area contributed by atoms with Crippen molar-refractivity contribution in [1.29, 1.82) is 0 Å². The molecule has 1 amide bonds. The molecule has 0 aliphatic heterocycles. The van der Waals surface area contributed by atoms with Gasteiger partial charge in [-0.05, 0) is 37.4 Å². The van der Waals surface area contributed by atoms with Gasteiger partial charge in [0.05, 0.1) is 32.2 Å². The number of rotatable bonds is 12. The Morgan fingerprint density at radius 2 is 1.68 bits per heavy atom. The van der Waals surface area contributed by atoms with E-state index in [4.69, 9.17) is 13.4 Å². The van der Waals surface area contributed by atoms with Crippen molar-refractivity contribution in [2.75, 3.05) is 27.0 Å². The minimum Gasteiger partial charge on any atom is -0.412 e. The van der Waals surface area contributed by atoms with Gasteiger partial charge in [-0.15, -0.1) is 0 Å². The third kappa shape index (κ3) is 9.79. The van der Waals surface area contributed by atoms with Gasteiger partial charge in [0.2, 0.25) is 5.91 Å². The fourth-order valence-corrected chi connectivity index (χ4v) is 4.55. The Morgan fingerprint density at radius 1 is 1.18 bits per heavy atom. The number of nitrogens with zero attached hydrogens (tertiary/aromatic N) is 1. The summed E-state index contributed by atoms with van der Waals surface area (Å²) in [7, 11) is -2.87. The third-order valence-corrected chi connectivity index (χ3v) is 10.4. The predicted octanol–water partition coefficient (Wildman–Crippen LogP) is 2.54. The van der Waals surface area contributed by atoms with E-state index in [1.54, 1.807) is 6.92 Å². The summed E-state index contributed by atoms with van der Waals surface area (Å²) >= 11 is 0. The lowest BCUT2D eigenvalue weighted by atomic mass is 9.98. The predicted molar refractivity (Wildman–Crippen MR) is 112 cm³/mol. The van der Waals surface area contributed by atoms with E-state index in [-0.39, 0.29) is 24.0 Å². The first-order valence-electron chi connectivity index (χ1n) is 9.52. The van der Waals surface area contributed by atoms with Gasteiger partial charge in [-0.25, -0.2) is 5.06 Å². The molecule has 0 aromatic heterocycles. The quantitative estimate of drug-likeness (QED) is 0.282. The lowest BCUT2D eigenvalue weighted by Crippen LogP contribution is -2.45. The van der Waals surface area contributed by atoms with Crippen molar-refractivity contribution < 1.29 is 31.8 Å². The SMILES string of the molecule is CON(C)C(=O)C(C)C[C@@H](CCC(CO)O[Si](C)(C)C(C)(C)C)OS(C)(=O)=O. The van der Waals surface area contributed by atoms with E-state index in [2.05, 4.69) is 33.9 Å². The van der Waals surface area contributed by atoms with Gasteiger partial charge in [0.15, 0.2) is 8.32 Å². The fraction of sp³-hybridized carbons (Fsp3) is 0.944. The van der Waals surface area contributed by atoms with E-state index < -0.39 is 36.6 Å². The van der Waals surface area contributed by atoms with Gasteiger partial charge in [-0.3, -0.25) is 13.8 Å². The van der Waals surface area contributed by atoms with E-state index in [1.807, 2.05) is 0 Å². The van der Waals surface area contributed by atoms with Gasteiger partial charge in [0.25, 0.3) is 10.1 Å². The number of hydrogen-bond acceptors (Lipinski definition) is 7. The van der Waals surface area contributed by atoms with Crippen molar-refractivity contribution >= 4 is 24.3 Å². The monoisotopic (exact) mass is 441 g/mol. The largest absolute Gasteiger partial charge is 0.412 e. The summed E-state index contributed by atoms with van der Waals surface area (Å²) in [6, 6.07) is 0. The van der Waals surface area contributed by atoms with Crippen LogP contribution < -0.4 is 0 Å². The first kappa shape index (κ1) is 27.5. The van der Waals surface area contributed by atoms with Gasteiger partial charge in [0, 0.05) is 13.0 Å². The zero-order chi connectivity index (χ0) is 22.3. The zero-order valence-corrected chi connectivity index (χ0v) is 20.6. The first-order chi connectivity index (χ1) is 12.5. The highest BCUT2D eigenvalue weighted by Gasteiger charge is 2.39. The molecule has 0 aliphatic carbocycles. The second kappa shape index (κ2) is 11.0. The van der Waals surface area contributed by atoms with Crippen molar-refractivity contribution in [2.45, 2.75) is 77.3 Å². The van der Waals surface area contributed by atoms with E-state index >= 15 is 0 Å². The molecular formula is C18H39NO7SSi. The maximum absolute atomic E-state index is 12.2. The number of aliphatic hydroxyl groups excluding tert-OH is 1. The van der Waals surface area contributed by atoms with Gasteiger partial charge >= 0.3 is 0 Å². The summed E-state index contributed by atoms with van der Waals surface area (Å²) in [5, 5.41) is 10.8. The number of carbonyl (C=O) groups is 1. The molecule has 0 saturated heterocycles. The van der Waals surface area contributed by atoms with Crippen molar-refractivity contribution in [1.82, 2.24) is 5.06 Å². The number of hydroxylamine groups is 2. The van der Waals surface area contributed by atoms with Crippen LogP contribution in [0, 0.1) is 5.92 Å². The van der Waals surface area contributed by atoms with Crippen LogP contribution in [0.4, 0.5) is 0 Å². The Morgan fingerprint density at radius 3 is 2.07 bits per heavy atom. The molecule has 0 radical (unpaired) electrons. The van der Waals surface area contributed by atoms with E-state index in [0.29, 0.717) is 12.8 Å². The lowest BCUT2D eigenvalue weighted by Gasteiger charge is -2.39. The van der Waals surface area contributed by atoms with Crippen LogP contribution in [0.15, 0.2) is 0 Å². The van der Waals surface area contributed by atoms with Crippen molar-refractivity contribution in [3.05, 3.63) is 0 Å². The van der Waals surface area contributed by atoms with Gasteiger partial charge in [-0.2, -0.15) is 8.42 Å². The zero-order valence-electron chi connectivity index (χ0n) is 18.8. The summed E-state index contributed by atoms with van der Waals surface area (Å²) in [5.74, 6) is -0.744. The number of amides is 1. The highest BCUT2D eigenvalue weighted by Crippen LogP contribution is 2.37. The fourth-order valence-electron chi connectivity index (χ4n) is 2.50. The molecule has 1 N–H and O–H groups in total. The smallest absolute Gasteiger partial charge is 0.264 e. The van der Waals surface area contributed by atoms with Crippen LogP contribution in [0.3, 0.4) is 0 Å². The molecule has 0 fully saturated rings. The Hall–Kier alpha value is -0.523. The van der Waals surface area contributed by atoms with Crippen LogP contribution in [-0.4, -0.2) is 72.0 Å². The molecule has 0 spiro atoms. The molecule has 2 unspecified atom stereocenters. The highest BCUT2D eigenvalue weighted by molar-refractivity contribution is 7.86. The molecule has 28 heavy (non-hydrogen) atoms. The molecule has 0 aromatic carbocycles. The number of aliphatic hydroxyl groups is 1. The van der Waals surface area contributed by atoms with Crippen molar-refractivity contribution in [2.24, 2.45) is 5.92 Å². The Bertz CT molecular complexity index is 589. The molecule has 8 nitrogen and oxygen atoms in total. The summed E-state index contributed by atoms with van der Waals surface area (Å²) in [6.45, 7) is 12.1. The van der Waals surface area contributed by atoms with Crippen LogP contribution in [0.2, 0.25) is 18.1 Å². The van der Waals surface area contributed by atoms with Crippen molar-refractivity contribution in [3.8, 4) is 0 Å². The van der Waals surface area contributed by atoms with E-state index in [9.17, 15) is 18.3 Å². The molecule has 0 heterocycles. The Kier molecular flexibility index (Phi) is 10.8. The number of carbonyl (C=O) groups excluding carboxylic acids is 1. The molecule has 0 saturated carbocycles. The van der Waals surface area contributed by atoms with Crippen LogP contribution in [-0.2, 0) is 28.4 Å². The van der Waals surface area contributed by atoms with Crippen LogP contribution in [0.5, 0.6) is 0 Å². The number of hydrogen-bond donors (Lipinski definition) is 1. The highest BCUT2D eigenvalue weighted by atomic mass is 32.2. The first-order valence-corrected chi connectivity index (χ1v) is 14.2. The van der Waals surface area contributed by atoms with E-state index in [1.165, 1.54) is 14.2 Å². The molecular weight excluding hydrogens is 402 g/mol. The lowest BCUT2D eigenvalue weighted by molar-refractivity contribution is -0.173. The maximum atomic E-state index is 12.2. The molecule has 0 aliphatic rings. The Balaban J connectivity index is 5.11. The minimum absolute atomic E-state index is 0.00521. The van der Waals surface area contributed by atoms with Crippen molar-refractivity contribution in [3.63, 3.8) is 0 Å². The summed E-state index contributed by atoms with van der Waals surface area (Å²) in [5.41, 5.74) is 0. The van der Waals surface area contributed by atoms with E-state index in [0.717, 1.165) is 11.3 Å². The summed E-state index contributed by atoms with van der Waals surface area (Å²) in [6.07, 6.45) is 0.905. The Labute approximate surface area is 171 Å². The normalized spacial score (nSPS) is 16.5. The molecule has 0 bridgehead atoms. The average Bonchev–Trinajstić information content (AvgIpc) is 2.54. The van der Waals surface area contributed by atoms with Crippen LogP contribution in [0.25, 0.3) is 0 Å². The molecule has 10 heteroatoms. The van der Waals surface area contributed by atoms with Gasteiger partial charge < -0.3 is 9.53 Å². The second-order valence-electron chi connectivity index (χ2n) is 8.84. The van der Waals surface area contributed by atoms with Crippen LogP contribution >= 0.6 is 0 Å². The summed E-state index contributed by atoms with van der Waals surface area (Å²) < 4.78 is 34.7. The topological polar surface area (TPSA) is 102 Å². The molecule has 168 valence electrons. The van der Waals surface area contributed by atoms with Gasteiger partial charge in [0.1, 0.15) is 0 Å². The average molecular weight is 442 g/mol. The standard InChI is InChI=1S/C18H39NO7SSi/c1-14(17(21)19(5)24-6)12-15(25-27(7,22)23)10-11-16(13-20)26-28(8,9)18(2,3)4/h14-16,20H,10-13H2,1-9H3/t14?,15-,16?/m1/s1. The summed E-state index contributed by atoms with van der Waals surface area (Å²) in [4.78, 5) is 17.1. The maximum Gasteiger partial charge on any atom is 0.264 e.